The van der Waals surface area contributed by atoms with Gasteiger partial charge in [-0.1, -0.05) is 0 Å². The van der Waals surface area contributed by atoms with Crippen LogP contribution in [-0.2, 0) is 0 Å². The molecule has 1 aromatic carbocycles. The van der Waals surface area contributed by atoms with Crippen LogP contribution in [0.3, 0.4) is 0 Å². The summed E-state index contributed by atoms with van der Waals surface area (Å²) in [5.74, 6) is 1.21. The topological polar surface area (TPSA) is 57.4 Å². The maximum absolute atomic E-state index is 12.7. The van der Waals surface area contributed by atoms with Gasteiger partial charge in [0.15, 0.2) is 0 Å². The number of nitrogens with zero attached hydrogens (tertiary/aromatic N) is 1. The van der Waals surface area contributed by atoms with Crippen LogP contribution in [0.4, 0.5) is 0 Å². The first kappa shape index (κ1) is 13.6. The Morgan fingerprint density at radius 3 is 2.86 bits per heavy atom. The minimum atomic E-state index is -0.0290. The number of hydrogen-bond acceptors (Lipinski definition) is 3. The summed E-state index contributed by atoms with van der Waals surface area (Å²) < 4.78 is 5.40. The van der Waals surface area contributed by atoms with Crippen molar-refractivity contribution in [3.63, 3.8) is 0 Å². The van der Waals surface area contributed by atoms with Crippen molar-refractivity contribution in [1.29, 1.82) is 0 Å². The number of nitrogens with one attached hydrogen (secondary N) is 2. The fraction of sp³-hybridized carbons (Fsp3) is 0.471. The number of rotatable bonds is 3. The van der Waals surface area contributed by atoms with Crippen LogP contribution < -0.4 is 10.1 Å². The van der Waals surface area contributed by atoms with Gasteiger partial charge in [-0.25, -0.2) is 0 Å². The predicted octanol–water partition coefficient (Wildman–Crippen LogP) is 2.00. The minimum Gasteiger partial charge on any atom is -0.496 e. The maximum Gasteiger partial charge on any atom is 0.255 e. The van der Waals surface area contributed by atoms with Crippen LogP contribution in [0.5, 0.6) is 5.75 Å². The summed E-state index contributed by atoms with van der Waals surface area (Å²) >= 11 is 0. The van der Waals surface area contributed by atoms with Crippen LogP contribution in [0, 0.1) is 5.92 Å². The van der Waals surface area contributed by atoms with Crippen molar-refractivity contribution in [3.05, 3.63) is 30.0 Å². The largest absolute Gasteiger partial charge is 0.496 e. The van der Waals surface area contributed by atoms with Crippen LogP contribution in [0.2, 0.25) is 0 Å². The molecule has 1 atom stereocenters. The van der Waals surface area contributed by atoms with Crippen molar-refractivity contribution in [1.82, 2.24) is 15.2 Å². The van der Waals surface area contributed by atoms with E-state index in [4.69, 9.17) is 4.74 Å². The third-order valence-corrected chi connectivity index (χ3v) is 5.09. The van der Waals surface area contributed by atoms with Gasteiger partial charge < -0.3 is 19.9 Å². The van der Waals surface area contributed by atoms with Crippen LogP contribution in [0.1, 0.15) is 23.2 Å². The number of amides is 1. The zero-order chi connectivity index (χ0) is 15.1. The summed E-state index contributed by atoms with van der Waals surface area (Å²) in [4.78, 5) is 18.3. The fourth-order valence-corrected chi connectivity index (χ4v) is 3.80. The van der Waals surface area contributed by atoms with Gasteiger partial charge in [0.25, 0.3) is 5.91 Å². The van der Waals surface area contributed by atoms with E-state index in [2.05, 4.69) is 15.2 Å². The van der Waals surface area contributed by atoms with Gasteiger partial charge in [0.2, 0.25) is 0 Å². The van der Waals surface area contributed by atoms with Gasteiger partial charge in [0.05, 0.1) is 12.7 Å². The molecule has 0 spiro atoms. The molecule has 2 bridgehead atoms. The van der Waals surface area contributed by atoms with Crippen LogP contribution in [0.25, 0.3) is 10.9 Å². The Hall–Kier alpha value is -2.01. The summed E-state index contributed by atoms with van der Waals surface area (Å²) in [6.07, 6.45) is 4.26. The van der Waals surface area contributed by atoms with Crippen LogP contribution >= 0.6 is 0 Å². The van der Waals surface area contributed by atoms with Crippen molar-refractivity contribution >= 4 is 16.8 Å². The minimum absolute atomic E-state index is 0.0290. The normalized spacial score (nSPS) is 27.0. The summed E-state index contributed by atoms with van der Waals surface area (Å²) in [6, 6.07) is 6.03. The molecule has 3 fully saturated rings. The molecule has 0 radical (unpaired) electrons. The molecule has 4 heterocycles. The molecule has 0 saturated carbocycles. The van der Waals surface area contributed by atoms with E-state index in [1.54, 1.807) is 7.11 Å². The second-order valence-corrected chi connectivity index (χ2v) is 6.34. The highest BCUT2D eigenvalue weighted by Crippen LogP contribution is 2.29. The highest BCUT2D eigenvalue weighted by Gasteiger charge is 2.35. The predicted molar refractivity (Wildman–Crippen MR) is 85.3 cm³/mol. The highest BCUT2D eigenvalue weighted by molar-refractivity contribution is 6.01. The van der Waals surface area contributed by atoms with Crippen molar-refractivity contribution < 1.29 is 9.53 Å². The average molecular weight is 299 g/mol. The van der Waals surface area contributed by atoms with E-state index in [0.717, 1.165) is 17.4 Å². The van der Waals surface area contributed by atoms with Crippen molar-refractivity contribution in [2.75, 3.05) is 26.7 Å². The lowest BCUT2D eigenvalue weighted by Gasteiger charge is -2.44. The quantitative estimate of drug-likeness (QED) is 0.911. The Labute approximate surface area is 129 Å². The summed E-state index contributed by atoms with van der Waals surface area (Å²) in [5.41, 5.74) is 1.60. The van der Waals surface area contributed by atoms with E-state index in [1.807, 2.05) is 24.4 Å². The Morgan fingerprint density at radius 1 is 1.36 bits per heavy atom. The zero-order valence-electron chi connectivity index (χ0n) is 12.8. The van der Waals surface area contributed by atoms with E-state index in [1.165, 1.54) is 25.9 Å². The second-order valence-electron chi connectivity index (χ2n) is 6.34. The number of carbonyl (C=O) groups excluding carboxylic acids is 1. The summed E-state index contributed by atoms with van der Waals surface area (Å²) in [6.45, 7) is 3.33. The van der Waals surface area contributed by atoms with Crippen molar-refractivity contribution in [2.24, 2.45) is 5.92 Å². The molecule has 1 unspecified atom stereocenters. The standard InChI is InChI=1S/C17H21N3O2/c1-22-16-9-14-12(2-5-18-14)8-13(16)17(21)19-15-10-20-6-3-11(15)4-7-20/h2,5,8-9,11,15,18H,3-4,6-7,10H2,1H3,(H,19,21). The molecular formula is C17H21N3O2. The Bertz CT molecular complexity index is 701. The number of aromatic nitrogens is 1. The van der Waals surface area contributed by atoms with Crippen LogP contribution in [-0.4, -0.2) is 48.6 Å². The van der Waals surface area contributed by atoms with Gasteiger partial charge in [0, 0.05) is 35.8 Å². The number of hydrogen-bond donors (Lipinski definition) is 2. The number of piperidine rings is 3. The molecule has 2 aromatic rings. The third-order valence-electron chi connectivity index (χ3n) is 5.09. The van der Waals surface area contributed by atoms with E-state index in [-0.39, 0.29) is 11.9 Å². The van der Waals surface area contributed by atoms with Gasteiger partial charge in [-0.3, -0.25) is 4.79 Å². The first-order chi connectivity index (χ1) is 10.7. The van der Waals surface area contributed by atoms with E-state index < -0.39 is 0 Å². The molecule has 116 valence electrons. The van der Waals surface area contributed by atoms with Gasteiger partial charge in [-0.05, 0) is 44.0 Å². The Balaban J connectivity index is 1.59. The lowest BCUT2D eigenvalue weighted by atomic mass is 9.84. The van der Waals surface area contributed by atoms with E-state index in [9.17, 15) is 4.79 Å². The molecular weight excluding hydrogens is 278 g/mol. The molecule has 5 nitrogen and oxygen atoms in total. The number of ether oxygens (including phenoxy) is 1. The molecule has 3 aliphatic rings. The van der Waals surface area contributed by atoms with Crippen molar-refractivity contribution in [3.8, 4) is 5.75 Å². The molecule has 2 N–H and O–H groups in total. The van der Waals surface area contributed by atoms with Gasteiger partial charge in [-0.2, -0.15) is 0 Å². The molecule has 0 aliphatic carbocycles. The number of H-pyrrole nitrogens is 1. The number of aromatic amines is 1. The molecule has 5 rings (SSSR count). The Kier molecular flexibility index (Phi) is 3.30. The van der Waals surface area contributed by atoms with E-state index >= 15 is 0 Å². The Morgan fingerprint density at radius 2 is 2.18 bits per heavy atom. The highest BCUT2D eigenvalue weighted by atomic mass is 16.5. The smallest absolute Gasteiger partial charge is 0.255 e. The van der Waals surface area contributed by atoms with Gasteiger partial charge >= 0.3 is 0 Å². The maximum atomic E-state index is 12.7. The third kappa shape index (κ3) is 2.25. The number of carbonyl (C=O) groups is 1. The molecule has 3 saturated heterocycles. The molecule has 1 amide bonds. The fourth-order valence-electron chi connectivity index (χ4n) is 3.80. The van der Waals surface area contributed by atoms with E-state index in [0.29, 0.717) is 17.2 Å². The lowest BCUT2D eigenvalue weighted by Crippen LogP contribution is -2.57. The number of methoxy groups -OCH3 is 1. The SMILES string of the molecule is COc1cc2[nH]ccc2cc1C(=O)NC1CN2CCC1CC2. The number of benzene rings is 1. The van der Waals surface area contributed by atoms with Crippen molar-refractivity contribution in [2.45, 2.75) is 18.9 Å². The van der Waals surface area contributed by atoms with Gasteiger partial charge in [-0.15, -0.1) is 0 Å². The number of fused-ring (bicyclic) bond motifs is 4. The first-order valence-corrected chi connectivity index (χ1v) is 7.93. The average Bonchev–Trinajstić information content (AvgIpc) is 3.02. The summed E-state index contributed by atoms with van der Waals surface area (Å²) in [5, 5.41) is 4.26. The lowest BCUT2D eigenvalue weighted by molar-refractivity contribution is 0.0619. The zero-order valence-corrected chi connectivity index (χ0v) is 12.8. The van der Waals surface area contributed by atoms with Gasteiger partial charge in [0.1, 0.15) is 5.75 Å². The molecule has 1 aromatic heterocycles. The molecule has 22 heavy (non-hydrogen) atoms. The second kappa shape index (κ2) is 5.32. The monoisotopic (exact) mass is 299 g/mol. The van der Waals surface area contributed by atoms with Crippen LogP contribution in [0.15, 0.2) is 24.4 Å². The molecule has 5 heteroatoms. The molecule has 3 aliphatic heterocycles. The summed E-state index contributed by atoms with van der Waals surface area (Å²) in [7, 11) is 1.61. The first-order valence-electron chi connectivity index (χ1n) is 7.93.